The Hall–Kier alpha value is -1.91. The van der Waals surface area contributed by atoms with Gasteiger partial charge in [-0.25, -0.2) is 0 Å². The summed E-state index contributed by atoms with van der Waals surface area (Å²) in [6.07, 6.45) is 0. The smallest absolute Gasteiger partial charge is 0.325 e. The van der Waals surface area contributed by atoms with E-state index in [1.165, 1.54) is 7.11 Å². The highest BCUT2D eigenvalue weighted by molar-refractivity contribution is 5.77. The number of hydrogen-bond acceptors (Lipinski definition) is 5. The van der Waals surface area contributed by atoms with Gasteiger partial charge in [-0.2, -0.15) is 0 Å². The number of methoxy groups -OCH3 is 1. The van der Waals surface area contributed by atoms with Crippen LogP contribution in [0.25, 0.3) is 0 Å². The van der Waals surface area contributed by atoms with Crippen molar-refractivity contribution in [2.75, 3.05) is 19.0 Å². The largest absolute Gasteiger partial charge is 0.468 e. The second kappa shape index (κ2) is 4.96. The quantitative estimate of drug-likeness (QED) is 0.584. The summed E-state index contributed by atoms with van der Waals surface area (Å²) in [7, 11) is 1.30. The van der Waals surface area contributed by atoms with E-state index < -0.39 is 5.97 Å². The van der Waals surface area contributed by atoms with Crippen LogP contribution in [0.2, 0.25) is 0 Å². The summed E-state index contributed by atoms with van der Waals surface area (Å²) in [5.41, 5.74) is 0.796. The molecule has 0 spiro atoms. The van der Waals surface area contributed by atoms with Crippen LogP contribution in [-0.2, 0) is 9.53 Å². The van der Waals surface area contributed by atoms with Crippen molar-refractivity contribution in [1.29, 1.82) is 0 Å². The highest BCUT2D eigenvalue weighted by Gasteiger charge is 2.03. The molecular formula is C9H10N2O3. The van der Waals surface area contributed by atoms with Gasteiger partial charge in [0.15, 0.2) is 0 Å². The topological polar surface area (TPSA) is 67.8 Å². The molecule has 0 unspecified atom stereocenters. The van der Waals surface area contributed by atoms with E-state index in [0.29, 0.717) is 5.69 Å². The van der Waals surface area contributed by atoms with Gasteiger partial charge < -0.3 is 10.1 Å². The molecule has 0 heterocycles. The number of nitroso groups, excluding NO2 is 1. The van der Waals surface area contributed by atoms with E-state index in [-0.39, 0.29) is 12.2 Å². The van der Waals surface area contributed by atoms with Crippen molar-refractivity contribution in [2.24, 2.45) is 5.18 Å². The molecule has 5 nitrogen and oxygen atoms in total. The Morgan fingerprint density at radius 2 is 2.21 bits per heavy atom. The number of hydrogen-bond donors (Lipinski definition) is 1. The van der Waals surface area contributed by atoms with Gasteiger partial charge in [-0.05, 0) is 17.3 Å². The van der Waals surface area contributed by atoms with Crippen LogP contribution in [0.3, 0.4) is 0 Å². The molecule has 0 radical (unpaired) electrons. The van der Waals surface area contributed by atoms with Crippen molar-refractivity contribution in [3.8, 4) is 0 Å². The zero-order valence-electron chi connectivity index (χ0n) is 7.69. The van der Waals surface area contributed by atoms with E-state index in [9.17, 15) is 9.70 Å². The number of carbonyl (C=O) groups excluding carboxylic acids is 1. The zero-order chi connectivity index (χ0) is 10.4. The zero-order valence-corrected chi connectivity index (χ0v) is 7.69. The average Bonchev–Trinajstić information content (AvgIpc) is 2.26. The Morgan fingerprint density at radius 1 is 1.50 bits per heavy atom. The lowest BCUT2D eigenvalue weighted by molar-refractivity contribution is -0.138. The van der Waals surface area contributed by atoms with E-state index in [1.54, 1.807) is 24.3 Å². The first-order chi connectivity index (χ1) is 6.77. The summed E-state index contributed by atoms with van der Waals surface area (Å²) < 4.78 is 4.44. The Bertz CT molecular complexity index is 339. The summed E-state index contributed by atoms with van der Waals surface area (Å²) in [4.78, 5) is 21.1. The molecule has 0 aliphatic heterocycles. The van der Waals surface area contributed by atoms with E-state index >= 15 is 0 Å². The van der Waals surface area contributed by atoms with Gasteiger partial charge in [0.25, 0.3) is 0 Å². The molecule has 14 heavy (non-hydrogen) atoms. The third kappa shape index (κ3) is 2.55. The molecule has 1 N–H and O–H groups in total. The highest BCUT2D eigenvalue weighted by atomic mass is 16.5. The number of esters is 1. The fraction of sp³-hybridized carbons (Fsp3) is 0.222. The third-order valence-electron chi connectivity index (χ3n) is 1.65. The molecule has 0 aliphatic rings. The molecule has 1 aromatic rings. The van der Waals surface area contributed by atoms with Gasteiger partial charge in [0.1, 0.15) is 12.2 Å². The molecular weight excluding hydrogens is 184 g/mol. The normalized spacial score (nSPS) is 9.21. The van der Waals surface area contributed by atoms with Crippen molar-refractivity contribution in [3.63, 3.8) is 0 Å². The molecule has 0 aliphatic carbocycles. The van der Waals surface area contributed by atoms with Crippen LogP contribution in [0.5, 0.6) is 0 Å². The predicted molar refractivity (Wildman–Crippen MR) is 52.4 cm³/mol. The van der Waals surface area contributed by atoms with E-state index in [2.05, 4.69) is 15.2 Å². The number of anilines is 1. The van der Waals surface area contributed by atoms with Gasteiger partial charge in [-0.3, -0.25) is 4.79 Å². The average molecular weight is 194 g/mol. The van der Waals surface area contributed by atoms with Crippen molar-refractivity contribution in [1.82, 2.24) is 0 Å². The lowest BCUT2D eigenvalue weighted by Crippen LogP contribution is -2.14. The van der Waals surface area contributed by atoms with E-state index in [4.69, 9.17) is 0 Å². The summed E-state index contributed by atoms with van der Waals surface area (Å²) >= 11 is 0. The van der Waals surface area contributed by atoms with Gasteiger partial charge in [-0.1, -0.05) is 12.1 Å². The Labute approximate surface area is 81.0 Å². The number of para-hydroxylation sites is 1. The number of nitrogens with zero attached hydrogens (tertiary/aromatic N) is 1. The van der Waals surface area contributed by atoms with Crippen LogP contribution in [0.15, 0.2) is 29.4 Å². The summed E-state index contributed by atoms with van der Waals surface area (Å²) in [6.45, 7) is 0.0169. The molecule has 0 fully saturated rings. The molecule has 1 rings (SSSR count). The third-order valence-corrected chi connectivity index (χ3v) is 1.65. The number of ether oxygens (including phenoxy) is 1. The summed E-state index contributed by atoms with van der Waals surface area (Å²) in [5.74, 6) is -0.397. The molecule has 0 saturated heterocycles. The Balaban J connectivity index is 2.66. The number of carbonyl (C=O) groups is 1. The minimum Gasteiger partial charge on any atom is -0.468 e. The Kier molecular flexibility index (Phi) is 3.60. The fourth-order valence-corrected chi connectivity index (χ4v) is 0.942. The first-order valence-electron chi connectivity index (χ1n) is 4.01. The van der Waals surface area contributed by atoms with E-state index in [0.717, 1.165) is 0 Å². The first kappa shape index (κ1) is 10.2. The van der Waals surface area contributed by atoms with Crippen molar-refractivity contribution in [3.05, 3.63) is 29.2 Å². The molecule has 5 heteroatoms. The van der Waals surface area contributed by atoms with Crippen molar-refractivity contribution < 1.29 is 9.53 Å². The predicted octanol–water partition coefficient (Wildman–Crippen LogP) is 1.67. The minimum atomic E-state index is -0.397. The van der Waals surface area contributed by atoms with Crippen LogP contribution in [0, 0.1) is 4.91 Å². The lowest BCUT2D eigenvalue weighted by atomic mass is 10.3. The maximum atomic E-state index is 10.8. The molecule has 74 valence electrons. The molecule has 0 bridgehead atoms. The molecule has 0 atom stereocenters. The number of nitrogens with one attached hydrogen (secondary N) is 1. The SMILES string of the molecule is COC(=O)CNc1ccccc1N=O. The van der Waals surface area contributed by atoms with Crippen molar-refractivity contribution >= 4 is 17.3 Å². The lowest BCUT2D eigenvalue weighted by Gasteiger charge is -2.05. The van der Waals surface area contributed by atoms with Gasteiger partial charge in [0.2, 0.25) is 0 Å². The van der Waals surface area contributed by atoms with E-state index in [1.807, 2.05) is 0 Å². The minimum absolute atomic E-state index is 0.0169. The van der Waals surface area contributed by atoms with Gasteiger partial charge >= 0.3 is 5.97 Å². The summed E-state index contributed by atoms with van der Waals surface area (Å²) in [6, 6.07) is 6.67. The molecule has 0 saturated carbocycles. The Morgan fingerprint density at radius 3 is 2.86 bits per heavy atom. The van der Waals surface area contributed by atoms with Crippen molar-refractivity contribution in [2.45, 2.75) is 0 Å². The second-order valence-corrected chi connectivity index (χ2v) is 2.54. The summed E-state index contributed by atoms with van der Waals surface area (Å²) in [5, 5.41) is 5.56. The van der Waals surface area contributed by atoms with Gasteiger partial charge in [0, 0.05) is 0 Å². The van der Waals surface area contributed by atoms with Crippen LogP contribution in [-0.4, -0.2) is 19.6 Å². The molecule has 0 amide bonds. The maximum Gasteiger partial charge on any atom is 0.325 e. The van der Waals surface area contributed by atoms with Crippen LogP contribution in [0.4, 0.5) is 11.4 Å². The maximum absolute atomic E-state index is 10.8. The number of rotatable bonds is 4. The monoisotopic (exact) mass is 194 g/mol. The standard InChI is InChI=1S/C9H10N2O3/c1-14-9(12)6-10-7-4-2-3-5-8(7)11-13/h2-5,10H,6H2,1H3. The molecule has 0 aromatic heterocycles. The first-order valence-corrected chi connectivity index (χ1v) is 4.01. The van der Waals surface area contributed by atoms with Gasteiger partial charge in [-0.15, -0.1) is 4.91 Å². The number of benzene rings is 1. The van der Waals surface area contributed by atoms with Gasteiger partial charge in [0.05, 0.1) is 12.8 Å². The fourth-order valence-electron chi connectivity index (χ4n) is 0.942. The van der Waals surface area contributed by atoms with Crippen LogP contribution >= 0.6 is 0 Å². The second-order valence-electron chi connectivity index (χ2n) is 2.54. The van der Waals surface area contributed by atoms with Crippen LogP contribution in [0.1, 0.15) is 0 Å². The molecule has 1 aromatic carbocycles. The highest BCUT2D eigenvalue weighted by Crippen LogP contribution is 2.23. The van der Waals surface area contributed by atoms with Crippen LogP contribution < -0.4 is 5.32 Å².